The van der Waals surface area contributed by atoms with E-state index in [1.807, 2.05) is 71.0 Å². The third-order valence-electron chi connectivity index (χ3n) is 28.1. The van der Waals surface area contributed by atoms with Crippen LogP contribution < -0.4 is 16.0 Å². The van der Waals surface area contributed by atoms with E-state index in [0.29, 0.717) is 158 Å². The number of hydrogen-bond acceptors (Lipinski definition) is 23. The normalized spacial score (nSPS) is 24.5. The van der Waals surface area contributed by atoms with E-state index in [2.05, 4.69) is 56.2 Å². The average Bonchev–Trinajstić information content (AvgIpc) is 1.54. The molecule has 6 aromatic heterocycles. The van der Waals surface area contributed by atoms with E-state index in [-0.39, 0.29) is 130 Å². The Morgan fingerprint density at radius 1 is 0.457 bits per heavy atom. The van der Waals surface area contributed by atoms with Crippen molar-refractivity contribution in [3.05, 3.63) is 125 Å². The molecule has 6 aliphatic heterocycles. The van der Waals surface area contributed by atoms with Gasteiger partial charge in [0.1, 0.15) is 65.6 Å². The van der Waals surface area contributed by atoms with Gasteiger partial charge >= 0.3 is 6.18 Å². The summed E-state index contributed by atoms with van der Waals surface area (Å²) in [6, 6.07) is 11.8. The highest BCUT2D eigenvalue weighted by molar-refractivity contribution is 6.12. The summed E-state index contributed by atoms with van der Waals surface area (Å²) in [5.74, 6) is 0.230. The summed E-state index contributed by atoms with van der Waals surface area (Å²) in [6.45, 7) is 18.3. The number of alkyl halides is 3. The number of piperidine rings is 3. The molecule has 0 spiro atoms. The second-order valence-electron chi connectivity index (χ2n) is 37.3. The Morgan fingerprint density at radius 2 is 0.845 bits per heavy atom. The van der Waals surface area contributed by atoms with Crippen LogP contribution in [0.1, 0.15) is 254 Å². The van der Waals surface area contributed by atoms with Crippen molar-refractivity contribution in [2.24, 2.45) is 16.2 Å². The van der Waals surface area contributed by atoms with Crippen molar-refractivity contribution in [2.45, 2.75) is 285 Å². The highest BCUT2D eigenvalue weighted by Crippen LogP contribution is 2.65. The molecule has 9 aliphatic rings. The summed E-state index contributed by atoms with van der Waals surface area (Å²) < 4.78 is 51.2. The molecule has 29 nitrogen and oxygen atoms in total. The lowest BCUT2D eigenvalue weighted by Crippen LogP contribution is -2.45. The molecule has 12 heterocycles. The summed E-state index contributed by atoms with van der Waals surface area (Å²) in [5, 5.41) is 26.4. The number of carbonyl (C=O) groups excluding carboxylic acids is 11. The molecule has 9 aromatic rings. The van der Waals surface area contributed by atoms with Crippen LogP contribution in [-0.2, 0) is 75.3 Å². The molecule has 32 heteroatoms. The Labute approximate surface area is 746 Å². The first kappa shape index (κ1) is 90.6. The highest BCUT2D eigenvalue weighted by atomic mass is 19.4. The maximum atomic E-state index is 14.2. The van der Waals surface area contributed by atoms with Crippen molar-refractivity contribution >= 4 is 114 Å². The minimum atomic E-state index is -4.66. The van der Waals surface area contributed by atoms with Crippen LogP contribution in [0.2, 0.25) is 0 Å². The molecule has 3 aromatic carbocycles. The van der Waals surface area contributed by atoms with E-state index in [1.165, 1.54) is 31.5 Å². The van der Waals surface area contributed by atoms with Crippen molar-refractivity contribution in [2.75, 3.05) is 48.8 Å². The minimum Gasteiger partial charge on any atom is -0.383 e. The lowest BCUT2D eigenvalue weighted by Gasteiger charge is -2.27. The number of carbonyl (C=O) groups is 11. The fourth-order valence-corrected chi connectivity index (χ4v) is 21.0. The van der Waals surface area contributed by atoms with Gasteiger partial charge in [-0.05, 0) is 193 Å². The number of ketones is 8. The SMILES string of the molecule is CC(=O)c1nn2c3c(cc(C)cc13)NCCCCCC(=O)CC[C@@]13C[C@@H](C(=O)Cc4nc(C(F)(F)F)ccc4C)N(C(=O)C2)[C@@H]1C3.CCC(=O)[C@@H]1C[C@]23CCC(=O)CCCCCNc4cc(-c5cnc(C)nc5)cc5c(C(C)=O)nn(c45)CC(=O)N1[C@@H]2C3.CCC(=O)[C@@H]1C[C@]23COCCCCCCNc4cc(-c5cnc(C)nc5)cc5c(C(C)=O)nn(c45)CC(=O)N1[C@@H]2C3. The fourth-order valence-electron chi connectivity index (χ4n) is 21.0. The number of rotatable bonds is 12. The number of benzene rings is 3. The number of aromatic nitrogens is 11. The summed E-state index contributed by atoms with van der Waals surface area (Å²) in [5.41, 5.74) is 8.21. The van der Waals surface area contributed by atoms with Crippen molar-refractivity contribution in [3.8, 4) is 22.3 Å². The van der Waals surface area contributed by atoms with E-state index in [1.54, 1.807) is 55.8 Å². The summed E-state index contributed by atoms with van der Waals surface area (Å²) in [6.07, 6.45) is 19.1. The van der Waals surface area contributed by atoms with E-state index >= 15 is 0 Å². The van der Waals surface area contributed by atoms with Crippen LogP contribution in [0.3, 0.4) is 0 Å². The second kappa shape index (κ2) is 37.0. The van der Waals surface area contributed by atoms with E-state index in [9.17, 15) is 65.9 Å². The zero-order chi connectivity index (χ0) is 91.3. The quantitative estimate of drug-likeness (QED) is 0.0956. The molecule has 3 aliphatic carbocycles. The molecule has 3 amide bonds. The maximum Gasteiger partial charge on any atom is 0.433 e. The molecule has 129 heavy (non-hydrogen) atoms. The number of hydrogen-bond donors (Lipinski definition) is 3. The Kier molecular flexibility index (Phi) is 26.0. The van der Waals surface area contributed by atoms with Gasteiger partial charge in [-0.1, -0.05) is 45.6 Å². The number of aryl methyl sites for hydroxylation is 4. The largest absolute Gasteiger partial charge is 0.433 e. The zero-order valence-corrected chi connectivity index (χ0v) is 75.0. The molecule has 9 atom stereocenters. The van der Waals surface area contributed by atoms with E-state index in [0.717, 1.165) is 141 Å². The van der Waals surface area contributed by atoms with Gasteiger partial charge in [-0.25, -0.2) is 24.9 Å². The maximum absolute atomic E-state index is 14.2. The van der Waals surface area contributed by atoms with Crippen LogP contribution in [0.5, 0.6) is 0 Å². The predicted molar refractivity (Wildman–Crippen MR) is 477 cm³/mol. The Balaban J connectivity index is 0.000000142. The predicted octanol–water partition coefficient (Wildman–Crippen LogP) is 14.8. The number of anilines is 3. The first-order valence-corrected chi connectivity index (χ1v) is 45.9. The molecular weight excluding hydrogens is 1650 g/mol. The van der Waals surface area contributed by atoms with Crippen molar-refractivity contribution in [1.82, 2.24) is 69.0 Å². The first-order chi connectivity index (χ1) is 61.8. The minimum absolute atomic E-state index is 0.00558. The van der Waals surface area contributed by atoms with E-state index < -0.39 is 35.4 Å². The van der Waals surface area contributed by atoms with Crippen molar-refractivity contribution in [3.63, 3.8) is 0 Å². The van der Waals surface area contributed by atoms with Crippen LogP contribution in [0.15, 0.2) is 73.3 Å². The van der Waals surface area contributed by atoms with Gasteiger partial charge in [0.2, 0.25) is 17.7 Å². The third-order valence-corrected chi connectivity index (χ3v) is 28.1. The summed E-state index contributed by atoms with van der Waals surface area (Å²) >= 11 is 0. The molecule has 3 saturated heterocycles. The molecule has 0 radical (unpaired) electrons. The number of amides is 3. The first-order valence-electron chi connectivity index (χ1n) is 45.9. The molecule has 18 rings (SSSR count). The molecule has 6 fully saturated rings. The van der Waals surface area contributed by atoms with Crippen molar-refractivity contribution in [1.29, 1.82) is 0 Å². The Bertz CT molecular complexity index is 5960. The molecule has 6 bridgehead atoms. The second-order valence-corrected chi connectivity index (χ2v) is 37.3. The number of pyridine rings is 1. The smallest absolute Gasteiger partial charge is 0.383 e. The number of nitrogens with zero attached hydrogens (tertiary/aromatic N) is 14. The average molecular weight is 1770 g/mol. The van der Waals surface area contributed by atoms with Gasteiger partial charge < -0.3 is 35.4 Å². The van der Waals surface area contributed by atoms with Gasteiger partial charge in [0.05, 0.1) is 70.5 Å². The topological polar surface area (TPSA) is 361 Å². The van der Waals surface area contributed by atoms with Gasteiger partial charge in [-0.15, -0.1) is 0 Å². The van der Waals surface area contributed by atoms with Gasteiger partial charge in [0.25, 0.3) is 0 Å². The van der Waals surface area contributed by atoms with Crippen LogP contribution in [0.4, 0.5) is 30.2 Å². The zero-order valence-electron chi connectivity index (χ0n) is 75.0. The number of Topliss-reactive ketones (excluding diaryl/α,β-unsaturated/α-hetero) is 8. The molecule has 3 saturated carbocycles. The Hall–Kier alpha value is -11.7. The monoisotopic (exact) mass is 1770 g/mol. The lowest BCUT2D eigenvalue weighted by molar-refractivity contribution is -0.141. The van der Waals surface area contributed by atoms with Crippen LogP contribution in [0.25, 0.3) is 55.0 Å². The van der Waals surface area contributed by atoms with Gasteiger partial charge in [-0.3, -0.25) is 66.8 Å². The van der Waals surface area contributed by atoms with Gasteiger partial charge in [0, 0.05) is 161 Å². The molecule has 3 N–H and O–H groups in total. The van der Waals surface area contributed by atoms with Crippen LogP contribution in [0, 0.1) is 43.9 Å². The van der Waals surface area contributed by atoms with Gasteiger partial charge in [-0.2, -0.15) is 28.5 Å². The highest BCUT2D eigenvalue weighted by Gasteiger charge is 2.69. The molecular formula is C97H114F3N17O12. The van der Waals surface area contributed by atoms with E-state index in [4.69, 9.17) is 4.74 Å². The third kappa shape index (κ3) is 18.8. The summed E-state index contributed by atoms with van der Waals surface area (Å²) in [7, 11) is 0. The fraction of sp³-hybridized carbons (Fsp3) is 0.536. The molecule has 680 valence electrons. The number of halogens is 3. The number of ether oxygens (including phenoxy) is 1. The van der Waals surface area contributed by atoms with Gasteiger partial charge in [0.15, 0.2) is 34.7 Å². The molecule has 0 unspecified atom stereocenters. The van der Waals surface area contributed by atoms with Crippen LogP contribution >= 0.6 is 0 Å². The van der Waals surface area contributed by atoms with Crippen molar-refractivity contribution < 1.29 is 70.6 Å². The van der Waals surface area contributed by atoms with Crippen LogP contribution in [-0.4, -0.2) is 202 Å². The Morgan fingerprint density at radius 3 is 1.27 bits per heavy atom. The summed E-state index contributed by atoms with van der Waals surface area (Å²) in [4.78, 5) is 172. The standard InChI is InChI=1S/C34H38F3N5O4.C32H38N6O4.C31H38N6O4/c1-19-13-23-31(21(3)43)40-41-18-30(46)42-26(27(45)15-24-20(2)8-9-28(39-24)34(35,36)37)16-33(17-29(33)42)11-10-22(44)7-5-4-6-12-38-25(14-19)32(23)41;1-4-27(41)26-14-32-10-9-23(40)8-6-5-7-11-33-25-13-21(22-16-34-20(3)35-17-22)12-24-30(19(2)39)36-37(31(24)25)18-29(42)38(26)28(32)15-32;1-4-26(39)25-13-31-14-27(31)37(25)28(40)17-36-30-23(29(35-36)19(2)38)11-21(22-15-33-20(3)34-16-22)12-24(30)32-9-7-5-6-8-10-41-18-31/h8-9,13-14,26,29,38H,4-7,10-12,15-18H2,1-3H3;12-13,16-17,26,28,33H,4-11,14-15,18H2,1-3H3;11-12,15-16,25,27,32H,4-10,13-14,17-18H2,1-3H3/t26-,29+,33-;26-,28+,32-;25-,27+,31-/m000/s1. The number of nitrogens with one attached hydrogen (secondary N) is 3. The lowest BCUT2D eigenvalue weighted by atomic mass is 9.90.